The van der Waals surface area contributed by atoms with Crippen molar-refractivity contribution < 1.29 is 14.2 Å². The van der Waals surface area contributed by atoms with Crippen LogP contribution in [0.25, 0.3) is 0 Å². The molecule has 0 unspecified atom stereocenters. The zero-order valence-electron chi connectivity index (χ0n) is 13.9. The highest BCUT2D eigenvalue weighted by Gasteiger charge is 2.25. The second kappa shape index (κ2) is 6.79. The maximum absolute atomic E-state index is 13.8. The Morgan fingerprint density at radius 1 is 1.17 bits per heavy atom. The molecule has 0 aliphatic rings. The van der Waals surface area contributed by atoms with E-state index in [2.05, 4.69) is 0 Å². The fourth-order valence-corrected chi connectivity index (χ4v) is 2.80. The minimum absolute atomic E-state index is 0.0899. The first-order chi connectivity index (χ1) is 10.7. The lowest BCUT2D eigenvalue weighted by Crippen LogP contribution is -2.26. The van der Waals surface area contributed by atoms with Crippen LogP contribution in [0.4, 0.5) is 4.39 Å². The Hall–Kier alpha value is -1.74. The second-order valence-corrected chi connectivity index (χ2v) is 7.08. The summed E-state index contributed by atoms with van der Waals surface area (Å²) < 4.78 is 19.6. The summed E-state index contributed by atoms with van der Waals surface area (Å²) in [5.41, 5.74) is 1.04. The van der Waals surface area contributed by atoms with Crippen molar-refractivity contribution >= 4 is 11.6 Å². The third-order valence-corrected chi connectivity index (χ3v) is 4.20. The van der Waals surface area contributed by atoms with E-state index in [1.165, 1.54) is 6.07 Å². The van der Waals surface area contributed by atoms with Crippen molar-refractivity contribution in [1.82, 2.24) is 0 Å². The molecule has 1 N–H and O–H groups in total. The predicted octanol–water partition coefficient (Wildman–Crippen LogP) is 5.66. The lowest BCUT2D eigenvalue weighted by molar-refractivity contribution is 0.240. The molecule has 0 radical (unpaired) electrons. The van der Waals surface area contributed by atoms with Gasteiger partial charge in [-0.25, -0.2) is 4.39 Å². The highest BCUT2D eigenvalue weighted by atomic mass is 35.5. The number of aromatic hydroxyl groups is 1. The molecule has 4 heteroatoms. The first kappa shape index (κ1) is 17.6. The van der Waals surface area contributed by atoms with Gasteiger partial charge in [0.1, 0.15) is 17.3 Å². The molecule has 0 fully saturated rings. The minimum Gasteiger partial charge on any atom is -0.508 e. The van der Waals surface area contributed by atoms with Gasteiger partial charge in [-0.3, -0.25) is 0 Å². The van der Waals surface area contributed by atoms with Crippen LogP contribution in [0.5, 0.6) is 11.5 Å². The largest absolute Gasteiger partial charge is 0.508 e. The van der Waals surface area contributed by atoms with E-state index in [0.717, 1.165) is 5.56 Å². The van der Waals surface area contributed by atoms with E-state index >= 15 is 0 Å². The van der Waals surface area contributed by atoms with E-state index in [0.29, 0.717) is 22.9 Å². The highest BCUT2D eigenvalue weighted by molar-refractivity contribution is 6.31. The second-order valence-electron chi connectivity index (χ2n) is 6.67. The maximum atomic E-state index is 13.8. The Morgan fingerprint density at radius 2 is 1.87 bits per heavy atom. The first-order valence-corrected chi connectivity index (χ1v) is 8.00. The molecule has 0 saturated heterocycles. The van der Waals surface area contributed by atoms with Crippen molar-refractivity contribution in [3.8, 4) is 11.5 Å². The van der Waals surface area contributed by atoms with Gasteiger partial charge < -0.3 is 9.84 Å². The highest BCUT2D eigenvalue weighted by Crippen LogP contribution is 2.33. The van der Waals surface area contributed by atoms with Crippen molar-refractivity contribution in [2.45, 2.75) is 39.0 Å². The normalized spacial score (nSPS) is 11.8. The van der Waals surface area contributed by atoms with Gasteiger partial charge in [0, 0.05) is 10.4 Å². The molecule has 0 saturated carbocycles. The summed E-state index contributed by atoms with van der Waals surface area (Å²) in [6, 6.07) is 9.66. The van der Waals surface area contributed by atoms with Gasteiger partial charge in [-0.1, -0.05) is 39.3 Å². The minimum atomic E-state index is -0.401. The molecular formula is C19H22ClFO2. The van der Waals surface area contributed by atoms with Crippen molar-refractivity contribution in [2.75, 3.05) is 6.61 Å². The number of benzene rings is 2. The number of halogens is 2. The van der Waals surface area contributed by atoms with Gasteiger partial charge in [0.2, 0.25) is 0 Å². The molecule has 2 nitrogen and oxygen atoms in total. The number of rotatable bonds is 5. The van der Waals surface area contributed by atoms with Gasteiger partial charge >= 0.3 is 0 Å². The Kier molecular flexibility index (Phi) is 5.20. The molecule has 0 aliphatic carbocycles. The van der Waals surface area contributed by atoms with E-state index in [1.54, 1.807) is 30.3 Å². The molecule has 0 spiro atoms. The number of hydrogen-bond acceptors (Lipinski definition) is 2. The van der Waals surface area contributed by atoms with Crippen LogP contribution in [0.3, 0.4) is 0 Å². The molecule has 2 rings (SSSR count). The molecule has 0 bridgehead atoms. The summed E-state index contributed by atoms with van der Waals surface area (Å²) in [5, 5.41) is 10.3. The molecule has 0 aliphatic heterocycles. The molecule has 2 aromatic rings. The van der Waals surface area contributed by atoms with E-state index in [4.69, 9.17) is 16.3 Å². The Labute approximate surface area is 141 Å². The topological polar surface area (TPSA) is 29.5 Å². The van der Waals surface area contributed by atoms with Gasteiger partial charge in [0.25, 0.3) is 0 Å². The molecule has 2 aromatic carbocycles. The molecule has 0 heterocycles. The SMILES string of the molecule is CC(C)c1cc(OCC(C)(C)c2cc(O)ccc2Cl)ccc1F. The van der Waals surface area contributed by atoms with E-state index in [9.17, 15) is 9.50 Å². The third kappa shape index (κ3) is 4.17. The third-order valence-electron chi connectivity index (χ3n) is 3.87. The maximum Gasteiger partial charge on any atom is 0.126 e. The predicted molar refractivity (Wildman–Crippen MR) is 92.1 cm³/mol. The number of hydrogen-bond donors (Lipinski definition) is 1. The number of ether oxygens (including phenoxy) is 1. The number of phenols is 1. The summed E-state index contributed by atoms with van der Waals surface area (Å²) in [7, 11) is 0. The van der Waals surface area contributed by atoms with Crippen LogP contribution < -0.4 is 4.74 Å². The van der Waals surface area contributed by atoms with Crippen LogP contribution in [0.15, 0.2) is 36.4 Å². The average molecular weight is 337 g/mol. The number of phenolic OH excluding ortho intramolecular Hbond substituents is 1. The summed E-state index contributed by atoms with van der Waals surface area (Å²) >= 11 is 6.23. The average Bonchev–Trinajstić information content (AvgIpc) is 2.48. The fraction of sp³-hybridized carbons (Fsp3) is 0.368. The summed E-state index contributed by atoms with van der Waals surface area (Å²) in [5.74, 6) is 0.663. The van der Waals surface area contributed by atoms with E-state index < -0.39 is 5.41 Å². The zero-order valence-corrected chi connectivity index (χ0v) is 14.6. The molecule has 124 valence electrons. The Morgan fingerprint density at radius 3 is 2.52 bits per heavy atom. The molecule has 0 atom stereocenters. The lowest BCUT2D eigenvalue weighted by Gasteiger charge is -2.27. The summed E-state index contributed by atoms with van der Waals surface area (Å²) in [4.78, 5) is 0. The van der Waals surface area contributed by atoms with Gasteiger partial charge in [-0.2, -0.15) is 0 Å². The van der Waals surface area contributed by atoms with Gasteiger partial charge in [-0.15, -0.1) is 0 Å². The van der Waals surface area contributed by atoms with Crippen LogP contribution in [0.1, 0.15) is 44.7 Å². The molecule has 0 amide bonds. The van der Waals surface area contributed by atoms with Crippen LogP contribution in [0, 0.1) is 5.82 Å². The van der Waals surface area contributed by atoms with Gasteiger partial charge in [0.15, 0.2) is 0 Å². The van der Waals surface area contributed by atoms with E-state index in [1.807, 2.05) is 27.7 Å². The first-order valence-electron chi connectivity index (χ1n) is 7.62. The van der Waals surface area contributed by atoms with Crippen LogP contribution in [-0.4, -0.2) is 11.7 Å². The summed E-state index contributed by atoms with van der Waals surface area (Å²) in [6.07, 6.45) is 0. The van der Waals surface area contributed by atoms with E-state index in [-0.39, 0.29) is 17.5 Å². The zero-order chi connectivity index (χ0) is 17.2. The van der Waals surface area contributed by atoms with Crippen LogP contribution in [-0.2, 0) is 5.41 Å². The molecule has 23 heavy (non-hydrogen) atoms. The van der Waals surface area contributed by atoms with Crippen LogP contribution >= 0.6 is 11.6 Å². The molecule has 0 aromatic heterocycles. The summed E-state index contributed by atoms with van der Waals surface area (Å²) in [6.45, 7) is 8.22. The van der Waals surface area contributed by atoms with Gasteiger partial charge in [-0.05, 0) is 53.4 Å². The lowest BCUT2D eigenvalue weighted by atomic mass is 9.85. The van der Waals surface area contributed by atoms with Gasteiger partial charge in [0.05, 0.1) is 6.61 Å². The fourth-order valence-electron chi connectivity index (χ4n) is 2.43. The quantitative estimate of drug-likeness (QED) is 0.762. The Balaban J connectivity index is 2.19. The monoisotopic (exact) mass is 336 g/mol. The molecular weight excluding hydrogens is 315 g/mol. The standard InChI is InChI=1S/C19H22ClFO2/c1-12(2)15-10-14(6-8-18(15)21)23-11-19(3,4)16-9-13(22)5-7-17(16)20/h5-10,12,22H,11H2,1-4H3. The van der Waals surface area contributed by atoms with Crippen molar-refractivity contribution in [3.63, 3.8) is 0 Å². The van der Waals surface area contributed by atoms with Crippen LogP contribution in [0.2, 0.25) is 5.02 Å². The van der Waals surface area contributed by atoms with Crippen molar-refractivity contribution in [1.29, 1.82) is 0 Å². The Bertz CT molecular complexity index is 696. The smallest absolute Gasteiger partial charge is 0.126 e. The van der Waals surface area contributed by atoms with Crippen molar-refractivity contribution in [3.05, 3.63) is 58.4 Å². The van der Waals surface area contributed by atoms with Crippen molar-refractivity contribution in [2.24, 2.45) is 0 Å².